The fourth-order valence-electron chi connectivity index (χ4n) is 2.79. The standard InChI is InChI=1S/C17H28N4/c1-14-8-9-15(16(12-14)20(2)3)13-19-17(18)21-10-6-4-5-7-11-21/h8-9,12H,4-7,10-11,13H2,1-3H3,(H2,18,19). The van der Waals surface area contributed by atoms with Crippen molar-refractivity contribution in [1.82, 2.24) is 4.90 Å². The lowest BCUT2D eigenvalue weighted by Gasteiger charge is -2.22. The van der Waals surface area contributed by atoms with Gasteiger partial charge in [-0.2, -0.15) is 0 Å². The van der Waals surface area contributed by atoms with Crippen molar-refractivity contribution in [3.63, 3.8) is 0 Å². The molecule has 1 aromatic carbocycles. The van der Waals surface area contributed by atoms with Crippen molar-refractivity contribution in [2.75, 3.05) is 32.1 Å². The Bertz CT molecular complexity index is 486. The van der Waals surface area contributed by atoms with Crippen LogP contribution >= 0.6 is 0 Å². The summed E-state index contributed by atoms with van der Waals surface area (Å²) in [6, 6.07) is 6.50. The van der Waals surface area contributed by atoms with Gasteiger partial charge in [-0.05, 0) is 37.0 Å². The molecule has 0 aromatic heterocycles. The highest BCUT2D eigenvalue weighted by Crippen LogP contribution is 2.21. The van der Waals surface area contributed by atoms with Crippen LogP contribution in [0.2, 0.25) is 0 Å². The van der Waals surface area contributed by atoms with E-state index in [0.717, 1.165) is 13.1 Å². The monoisotopic (exact) mass is 288 g/mol. The minimum atomic E-state index is 0.649. The van der Waals surface area contributed by atoms with Gasteiger partial charge in [-0.1, -0.05) is 25.0 Å². The lowest BCUT2D eigenvalue weighted by atomic mass is 10.1. The van der Waals surface area contributed by atoms with Gasteiger partial charge in [0.1, 0.15) is 0 Å². The molecule has 1 saturated heterocycles. The quantitative estimate of drug-likeness (QED) is 0.687. The lowest BCUT2D eigenvalue weighted by molar-refractivity contribution is 0.428. The third-order valence-corrected chi connectivity index (χ3v) is 4.06. The second-order valence-electron chi connectivity index (χ2n) is 6.10. The largest absolute Gasteiger partial charge is 0.377 e. The van der Waals surface area contributed by atoms with Crippen LogP contribution in [0, 0.1) is 6.92 Å². The first-order valence-corrected chi connectivity index (χ1v) is 7.89. The summed E-state index contributed by atoms with van der Waals surface area (Å²) in [5, 5.41) is 0. The molecule has 2 rings (SSSR count). The summed E-state index contributed by atoms with van der Waals surface area (Å²) in [6.07, 6.45) is 5.08. The highest BCUT2D eigenvalue weighted by molar-refractivity contribution is 5.78. The number of nitrogens with zero attached hydrogens (tertiary/aromatic N) is 3. The van der Waals surface area contributed by atoms with Crippen molar-refractivity contribution in [2.45, 2.75) is 39.2 Å². The third kappa shape index (κ3) is 4.38. The summed E-state index contributed by atoms with van der Waals surface area (Å²) in [5.41, 5.74) is 9.90. The predicted octanol–water partition coefficient (Wildman–Crippen LogP) is 2.75. The van der Waals surface area contributed by atoms with E-state index in [-0.39, 0.29) is 0 Å². The summed E-state index contributed by atoms with van der Waals surface area (Å²) in [5.74, 6) is 0.696. The number of hydrogen-bond acceptors (Lipinski definition) is 2. The van der Waals surface area contributed by atoms with E-state index in [0.29, 0.717) is 12.5 Å². The van der Waals surface area contributed by atoms with Crippen molar-refractivity contribution >= 4 is 11.6 Å². The van der Waals surface area contributed by atoms with E-state index >= 15 is 0 Å². The topological polar surface area (TPSA) is 44.9 Å². The number of hydrogen-bond donors (Lipinski definition) is 1. The van der Waals surface area contributed by atoms with E-state index < -0.39 is 0 Å². The molecule has 1 fully saturated rings. The summed E-state index contributed by atoms with van der Waals surface area (Å²) in [6.45, 7) is 4.86. The molecule has 1 aliphatic rings. The summed E-state index contributed by atoms with van der Waals surface area (Å²) >= 11 is 0. The zero-order chi connectivity index (χ0) is 15.2. The van der Waals surface area contributed by atoms with E-state index in [2.05, 4.69) is 54.0 Å². The average molecular weight is 288 g/mol. The molecule has 0 radical (unpaired) electrons. The first-order valence-electron chi connectivity index (χ1n) is 7.89. The van der Waals surface area contributed by atoms with E-state index in [4.69, 9.17) is 5.73 Å². The van der Waals surface area contributed by atoms with Gasteiger partial charge in [0.15, 0.2) is 5.96 Å². The van der Waals surface area contributed by atoms with Gasteiger partial charge in [0, 0.05) is 32.9 Å². The Morgan fingerprint density at radius 2 is 1.86 bits per heavy atom. The SMILES string of the molecule is Cc1ccc(CN=C(N)N2CCCCCC2)c(N(C)C)c1. The van der Waals surface area contributed by atoms with Crippen LogP contribution in [0.5, 0.6) is 0 Å². The van der Waals surface area contributed by atoms with E-state index in [1.54, 1.807) is 0 Å². The van der Waals surface area contributed by atoms with Gasteiger partial charge in [0.05, 0.1) is 6.54 Å². The van der Waals surface area contributed by atoms with Gasteiger partial charge < -0.3 is 15.5 Å². The number of aryl methyl sites for hydroxylation is 1. The normalized spacial score (nSPS) is 16.7. The molecule has 116 valence electrons. The molecule has 1 heterocycles. The number of benzene rings is 1. The van der Waals surface area contributed by atoms with Gasteiger partial charge in [-0.15, -0.1) is 0 Å². The molecule has 0 atom stereocenters. The molecule has 1 aromatic rings. The molecule has 0 unspecified atom stereocenters. The molecule has 0 spiro atoms. The minimum Gasteiger partial charge on any atom is -0.377 e. The maximum atomic E-state index is 6.18. The lowest BCUT2D eigenvalue weighted by Crippen LogP contribution is -2.38. The second kappa shape index (κ2) is 7.34. The minimum absolute atomic E-state index is 0.649. The van der Waals surface area contributed by atoms with Crippen molar-refractivity contribution in [1.29, 1.82) is 0 Å². The molecule has 4 nitrogen and oxygen atoms in total. The van der Waals surface area contributed by atoms with Crippen LogP contribution in [0.1, 0.15) is 36.8 Å². The van der Waals surface area contributed by atoms with E-state index in [1.165, 1.54) is 42.5 Å². The van der Waals surface area contributed by atoms with Gasteiger partial charge in [0.25, 0.3) is 0 Å². The number of anilines is 1. The average Bonchev–Trinajstić information content (AvgIpc) is 2.74. The number of guanidine groups is 1. The molecular formula is C17H28N4. The van der Waals surface area contributed by atoms with E-state index in [1.807, 2.05) is 0 Å². The molecule has 21 heavy (non-hydrogen) atoms. The number of likely N-dealkylation sites (tertiary alicyclic amines) is 1. The molecule has 1 aliphatic heterocycles. The van der Waals surface area contributed by atoms with Crippen LogP contribution in [0.4, 0.5) is 5.69 Å². The highest BCUT2D eigenvalue weighted by atomic mass is 15.2. The Labute approximate surface area is 128 Å². The number of nitrogens with two attached hydrogens (primary N) is 1. The van der Waals surface area contributed by atoms with Gasteiger partial charge in [0.2, 0.25) is 0 Å². The highest BCUT2D eigenvalue weighted by Gasteiger charge is 2.11. The fraction of sp³-hybridized carbons (Fsp3) is 0.588. The molecule has 4 heteroatoms. The first kappa shape index (κ1) is 15.7. The zero-order valence-electron chi connectivity index (χ0n) is 13.6. The van der Waals surface area contributed by atoms with E-state index in [9.17, 15) is 0 Å². The fourth-order valence-corrected chi connectivity index (χ4v) is 2.79. The predicted molar refractivity (Wildman–Crippen MR) is 90.9 cm³/mol. The van der Waals surface area contributed by atoms with Crippen LogP contribution in [0.3, 0.4) is 0 Å². The Kier molecular flexibility index (Phi) is 5.48. The number of rotatable bonds is 3. The number of aliphatic imine (C=N–C) groups is 1. The van der Waals surface area contributed by atoms with Crippen LogP contribution in [0.15, 0.2) is 23.2 Å². The molecule has 0 bridgehead atoms. The van der Waals surface area contributed by atoms with Crippen LogP contribution < -0.4 is 10.6 Å². The van der Waals surface area contributed by atoms with Crippen LogP contribution in [-0.2, 0) is 6.54 Å². The van der Waals surface area contributed by atoms with Crippen molar-refractivity contribution in [3.05, 3.63) is 29.3 Å². The molecule has 2 N–H and O–H groups in total. The Balaban J connectivity index is 2.08. The Hall–Kier alpha value is -1.71. The maximum absolute atomic E-state index is 6.18. The third-order valence-electron chi connectivity index (χ3n) is 4.06. The Morgan fingerprint density at radius 3 is 2.48 bits per heavy atom. The van der Waals surface area contributed by atoms with Crippen LogP contribution in [0.25, 0.3) is 0 Å². The molecule has 0 amide bonds. The van der Waals surface area contributed by atoms with Gasteiger partial charge in [-0.25, -0.2) is 4.99 Å². The molecule has 0 saturated carbocycles. The zero-order valence-corrected chi connectivity index (χ0v) is 13.6. The van der Waals surface area contributed by atoms with Gasteiger partial charge in [-0.3, -0.25) is 0 Å². The molecular weight excluding hydrogens is 260 g/mol. The molecule has 0 aliphatic carbocycles. The second-order valence-corrected chi connectivity index (χ2v) is 6.10. The van der Waals surface area contributed by atoms with Crippen molar-refractivity contribution < 1.29 is 0 Å². The Morgan fingerprint density at radius 1 is 1.19 bits per heavy atom. The summed E-state index contributed by atoms with van der Waals surface area (Å²) in [4.78, 5) is 9.00. The van der Waals surface area contributed by atoms with Crippen molar-refractivity contribution in [2.24, 2.45) is 10.7 Å². The van der Waals surface area contributed by atoms with Crippen molar-refractivity contribution in [3.8, 4) is 0 Å². The smallest absolute Gasteiger partial charge is 0.191 e. The summed E-state index contributed by atoms with van der Waals surface area (Å²) in [7, 11) is 4.14. The van der Waals surface area contributed by atoms with Crippen LogP contribution in [-0.4, -0.2) is 38.0 Å². The maximum Gasteiger partial charge on any atom is 0.191 e. The summed E-state index contributed by atoms with van der Waals surface area (Å²) < 4.78 is 0. The first-order chi connectivity index (χ1) is 10.1. The van der Waals surface area contributed by atoms with Gasteiger partial charge >= 0.3 is 0 Å².